The fourth-order valence-electron chi connectivity index (χ4n) is 2.79. The first-order valence-corrected chi connectivity index (χ1v) is 8.81. The molecule has 0 radical (unpaired) electrons. The summed E-state index contributed by atoms with van der Waals surface area (Å²) in [7, 11) is 0. The summed E-state index contributed by atoms with van der Waals surface area (Å²) in [4.78, 5) is 18.8. The van der Waals surface area contributed by atoms with E-state index in [1.165, 1.54) is 0 Å². The number of nitriles is 1. The predicted octanol–water partition coefficient (Wildman–Crippen LogP) is 3.50. The number of hydrogen-bond donors (Lipinski definition) is 0. The van der Waals surface area contributed by atoms with Crippen LogP contribution in [0.3, 0.4) is 0 Å². The van der Waals surface area contributed by atoms with Crippen LogP contribution in [0.25, 0.3) is 10.6 Å². The predicted molar refractivity (Wildman–Crippen MR) is 90.8 cm³/mol. The molecule has 0 saturated carbocycles. The molecule has 0 spiro atoms. The Labute approximate surface area is 140 Å². The Morgan fingerprint density at radius 3 is 2.74 bits per heavy atom. The number of carbonyl (C=O) groups excluding carboxylic acids is 1. The number of aryl methyl sites for hydroxylation is 1. The highest BCUT2D eigenvalue weighted by Gasteiger charge is 2.22. The summed E-state index contributed by atoms with van der Waals surface area (Å²) >= 11 is 1.62. The van der Waals surface area contributed by atoms with Crippen molar-refractivity contribution in [3.05, 3.63) is 41.4 Å². The highest BCUT2D eigenvalue weighted by Crippen LogP contribution is 2.24. The van der Waals surface area contributed by atoms with E-state index in [0.717, 1.165) is 29.1 Å². The molecule has 1 aromatic heterocycles. The van der Waals surface area contributed by atoms with E-state index in [1.807, 2.05) is 40.6 Å². The Morgan fingerprint density at radius 1 is 1.30 bits per heavy atom. The topological polar surface area (TPSA) is 57.0 Å². The van der Waals surface area contributed by atoms with Crippen molar-refractivity contribution in [1.29, 1.82) is 5.26 Å². The lowest BCUT2D eigenvalue weighted by atomic mass is 9.98. The fraction of sp³-hybridized carbons (Fsp3) is 0.389. The van der Waals surface area contributed by atoms with Gasteiger partial charge in [0.25, 0.3) is 0 Å². The van der Waals surface area contributed by atoms with Gasteiger partial charge in [-0.25, -0.2) is 4.98 Å². The average Bonchev–Trinajstić information content (AvgIpc) is 3.09. The van der Waals surface area contributed by atoms with E-state index in [4.69, 9.17) is 5.26 Å². The lowest BCUT2D eigenvalue weighted by Gasteiger charge is -2.29. The largest absolute Gasteiger partial charge is 0.343 e. The Hall–Kier alpha value is -2.19. The van der Waals surface area contributed by atoms with Gasteiger partial charge in [-0.2, -0.15) is 5.26 Å². The van der Waals surface area contributed by atoms with Crippen LogP contribution in [0.2, 0.25) is 0 Å². The molecule has 4 nitrogen and oxygen atoms in total. The number of benzene rings is 1. The van der Waals surface area contributed by atoms with E-state index in [2.05, 4.69) is 11.1 Å². The van der Waals surface area contributed by atoms with Crippen LogP contribution in [0.15, 0.2) is 35.7 Å². The molecular weight excluding hydrogens is 306 g/mol. The number of nitrogens with zero attached hydrogens (tertiary/aromatic N) is 3. The van der Waals surface area contributed by atoms with Gasteiger partial charge in [-0.1, -0.05) is 30.3 Å². The maximum Gasteiger partial charge on any atom is 0.222 e. The molecule has 1 saturated heterocycles. The zero-order valence-electron chi connectivity index (χ0n) is 12.9. The van der Waals surface area contributed by atoms with Gasteiger partial charge in [0.2, 0.25) is 5.91 Å². The molecule has 2 aromatic rings. The molecule has 5 heteroatoms. The smallest absolute Gasteiger partial charge is 0.222 e. The summed E-state index contributed by atoms with van der Waals surface area (Å²) in [6, 6.07) is 12.4. The number of carbonyl (C=O) groups is 1. The molecule has 0 bridgehead atoms. The monoisotopic (exact) mass is 325 g/mol. The summed E-state index contributed by atoms with van der Waals surface area (Å²) in [5, 5.41) is 11.9. The van der Waals surface area contributed by atoms with Gasteiger partial charge in [0.1, 0.15) is 5.01 Å². The van der Waals surface area contributed by atoms with Crippen molar-refractivity contribution in [1.82, 2.24) is 9.88 Å². The zero-order chi connectivity index (χ0) is 16.1. The molecule has 1 amide bonds. The first-order valence-electron chi connectivity index (χ1n) is 7.93. The van der Waals surface area contributed by atoms with Gasteiger partial charge in [0.05, 0.1) is 11.8 Å². The van der Waals surface area contributed by atoms with Crippen LogP contribution in [0.4, 0.5) is 0 Å². The molecule has 0 atom stereocenters. The van der Waals surface area contributed by atoms with Crippen molar-refractivity contribution in [3.8, 4) is 16.6 Å². The second-order valence-corrected chi connectivity index (χ2v) is 6.65. The van der Waals surface area contributed by atoms with E-state index >= 15 is 0 Å². The molecule has 0 unspecified atom stereocenters. The number of aromatic nitrogens is 1. The molecule has 0 aliphatic carbocycles. The Morgan fingerprint density at radius 2 is 2.04 bits per heavy atom. The molecule has 23 heavy (non-hydrogen) atoms. The Balaban J connectivity index is 1.52. The van der Waals surface area contributed by atoms with Crippen LogP contribution >= 0.6 is 11.3 Å². The second kappa shape index (κ2) is 7.38. The van der Waals surface area contributed by atoms with Gasteiger partial charge in [0, 0.05) is 36.4 Å². The summed E-state index contributed by atoms with van der Waals surface area (Å²) in [6.07, 6.45) is 2.78. The fourth-order valence-corrected chi connectivity index (χ4v) is 3.65. The summed E-state index contributed by atoms with van der Waals surface area (Å²) in [6.45, 7) is 1.42. The maximum atomic E-state index is 12.3. The van der Waals surface area contributed by atoms with Gasteiger partial charge in [-0.3, -0.25) is 4.79 Å². The third-order valence-corrected chi connectivity index (χ3v) is 5.14. The molecular formula is C18H19N3OS. The summed E-state index contributed by atoms with van der Waals surface area (Å²) in [5.41, 5.74) is 2.10. The van der Waals surface area contributed by atoms with Gasteiger partial charge in [-0.15, -0.1) is 11.3 Å². The molecule has 1 aromatic carbocycles. The maximum absolute atomic E-state index is 12.3. The minimum atomic E-state index is 0.117. The number of rotatable bonds is 4. The zero-order valence-corrected chi connectivity index (χ0v) is 13.8. The van der Waals surface area contributed by atoms with Gasteiger partial charge in [-0.05, 0) is 19.3 Å². The lowest BCUT2D eigenvalue weighted by molar-refractivity contribution is -0.132. The summed E-state index contributed by atoms with van der Waals surface area (Å²) < 4.78 is 0. The highest BCUT2D eigenvalue weighted by atomic mass is 32.1. The SMILES string of the molecule is N#CC1CCN(C(=O)CCc2csc(-c3ccccc3)n2)CC1. The second-order valence-electron chi connectivity index (χ2n) is 5.79. The lowest BCUT2D eigenvalue weighted by Crippen LogP contribution is -2.38. The van der Waals surface area contributed by atoms with Crippen LogP contribution in [0.1, 0.15) is 25.0 Å². The summed E-state index contributed by atoms with van der Waals surface area (Å²) in [5.74, 6) is 0.293. The Kier molecular flexibility index (Phi) is 5.04. The van der Waals surface area contributed by atoms with Crippen molar-refractivity contribution in [3.63, 3.8) is 0 Å². The van der Waals surface area contributed by atoms with Crippen LogP contribution in [-0.4, -0.2) is 28.9 Å². The van der Waals surface area contributed by atoms with Crippen LogP contribution in [-0.2, 0) is 11.2 Å². The van der Waals surface area contributed by atoms with E-state index in [1.54, 1.807) is 11.3 Å². The standard InChI is InChI=1S/C18H19N3OS/c19-12-14-8-10-21(11-9-14)17(22)7-6-16-13-23-18(20-16)15-4-2-1-3-5-15/h1-5,13-14H,6-11H2. The van der Waals surface area contributed by atoms with E-state index in [9.17, 15) is 4.79 Å². The van der Waals surface area contributed by atoms with Crippen LogP contribution < -0.4 is 0 Å². The van der Waals surface area contributed by atoms with Crippen molar-refractivity contribution in [2.75, 3.05) is 13.1 Å². The third-order valence-electron chi connectivity index (χ3n) is 4.20. The molecule has 118 valence electrons. The number of hydrogen-bond acceptors (Lipinski definition) is 4. The number of thiazole rings is 1. The van der Waals surface area contributed by atoms with Crippen molar-refractivity contribution >= 4 is 17.2 Å². The van der Waals surface area contributed by atoms with Crippen LogP contribution in [0, 0.1) is 17.2 Å². The minimum absolute atomic E-state index is 0.117. The van der Waals surface area contributed by atoms with E-state index in [-0.39, 0.29) is 11.8 Å². The molecule has 1 fully saturated rings. The Bertz CT molecular complexity index is 697. The van der Waals surface area contributed by atoms with E-state index < -0.39 is 0 Å². The highest BCUT2D eigenvalue weighted by molar-refractivity contribution is 7.13. The molecule has 1 aliphatic heterocycles. The number of amides is 1. The normalized spacial score (nSPS) is 15.3. The first-order chi connectivity index (χ1) is 11.3. The van der Waals surface area contributed by atoms with Gasteiger partial charge < -0.3 is 4.90 Å². The van der Waals surface area contributed by atoms with E-state index in [0.29, 0.717) is 25.9 Å². The first kappa shape index (κ1) is 15.7. The molecule has 3 rings (SSSR count). The quantitative estimate of drug-likeness (QED) is 0.864. The van der Waals surface area contributed by atoms with Gasteiger partial charge in [0.15, 0.2) is 0 Å². The number of likely N-dealkylation sites (tertiary alicyclic amines) is 1. The van der Waals surface area contributed by atoms with Gasteiger partial charge >= 0.3 is 0 Å². The third kappa shape index (κ3) is 3.96. The van der Waals surface area contributed by atoms with Crippen molar-refractivity contribution in [2.24, 2.45) is 5.92 Å². The van der Waals surface area contributed by atoms with Crippen LogP contribution in [0.5, 0.6) is 0 Å². The van der Waals surface area contributed by atoms with Crippen molar-refractivity contribution in [2.45, 2.75) is 25.7 Å². The number of piperidine rings is 1. The average molecular weight is 325 g/mol. The molecule has 1 aliphatic rings. The minimum Gasteiger partial charge on any atom is -0.343 e. The van der Waals surface area contributed by atoms with Crippen molar-refractivity contribution < 1.29 is 4.79 Å². The molecule has 2 heterocycles. The molecule has 0 N–H and O–H groups in total.